The Morgan fingerprint density at radius 2 is 1.93 bits per heavy atom. The van der Waals surface area contributed by atoms with Crippen molar-refractivity contribution in [2.45, 2.75) is 57.8 Å². The molecule has 1 aliphatic heterocycles. The minimum atomic E-state index is -0.361. The van der Waals surface area contributed by atoms with Gasteiger partial charge in [-0.25, -0.2) is 0 Å². The number of carbonyl (C=O) groups is 2. The number of aromatic nitrogens is 2. The summed E-state index contributed by atoms with van der Waals surface area (Å²) in [5.74, 6) is -0.0381. The van der Waals surface area contributed by atoms with E-state index in [1.807, 2.05) is 24.3 Å². The number of aryl methyl sites for hydroxylation is 1. The molecule has 7 heteroatoms. The molecule has 1 aliphatic carbocycles. The molecule has 28 heavy (non-hydrogen) atoms. The predicted molar refractivity (Wildman–Crippen MR) is 111 cm³/mol. The van der Waals surface area contributed by atoms with Gasteiger partial charge in [0.05, 0.1) is 5.92 Å². The van der Waals surface area contributed by atoms with E-state index in [0.717, 1.165) is 30.0 Å². The molecular weight excluding hydrogens is 372 g/mol. The second-order valence-corrected chi connectivity index (χ2v) is 8.70. The summed E-state index contributed by atoms with van der Waals surface area (Å²) in [5.41, 5.74) is 2.09. The smallest absolute Gasteiger partial charge is 0.231 e. The summed E-state index contributed by atoms with van der Waals surface area (Å²) in [6, 6.07) is 7.98. The molecule has 1 saturated carbocycles. The van der Waals surface area contributed by atoms with Crippen LogP contribution in [0.3, 0.4) is 0 Å². The van der Waals surface area contributed by atoms with Gasteiger partial charge in [-0.05, 0) is 37.0 Å². The largest absolute Gasteiger partial charge is 0.312 e. The highest BCUT2D eigenvalue weighted by Crippen LogP contribution is 2.35. The van der Waals surface area contributed by atoms with Gasteiger partial charge in [-0.2, -0.15) is 0 Å². The van der Waals surface area contributed by atoms with Crippen LogP contribution in [0.1, 0.15) is 61.9 Å². The van der Waals surface area contributed by atoms with Gasteiger partial charge in [0, 0.05) is 24.6 Å². The minimum absolute atomic E-state index is 0.00967. The van der Waals surface area contributed by atoms with Gasteiger partial charge in [0.2, 0.25) is 16.9 Å². The molecule has 1 saturated heterocycles. The molecule has 1 N–H and O–H groups in total. The standard InChI is InChI=1S/C21H26N4O2S/c1-2-14-8-10-17(11-9-14)25-13-16(12-18(25)26)19(27)22-21-24-23-20(28-21)15-6-4-3-5-7-15/h8-11,15-16H,2-7,12-13H2,1H3,(H,22,24,27)/t16-/m1/s1. The second-order valence-electron chi connectivity index (χ2n) is 7.70. The zero-order valence-electron chi connectivity index (χ0n) is 16.2. The molecule has 0 bridgehead atoms. The third-order valence-corrected chi connectivity index (χ3v) is 6.78. The van der Waals surface area contributed by atoms with Crippen molar-refractivity contribution in [2.24, 2.45) is 5.92 Å². The van der Waals surface area contributed by atoms with Crippen LogP contribution in [0.2, 0.25) is 0 Å². The van der Waals surface area contributed by atoms with Gasteiger partial charge in [0.15, 0.2) is 0 Å². The summed E-state index contributed by atoms with van der Waals surface area (Å²) in [6.07, 6.45) is 7.29. The molecule has 2 fully saturated rings. The average molecular weight is 399 g/mol. The van der Waals surface area contributed by atoms with Crippen molar-refractivity contribution in [3.63, 3.8) is 0 Å². The first-order valence-corrected chi connectivity index (χ1v) is 11.0. The zero-order valence-corrected chi connectivity index (χ0v) is 17.0. The molecule has 2 heterocycles. The number of benzene rings is 1. The van der Waals surface area contributed by atoms with Crippen LogP contribution >= 0.6 is 11.3 Å². The number of nitrogens with zero attached hydrogens (tertiary/aromatic N) is 3. The maximum atomic E-state index is 12.7. The van der Waals surface area contributed by atoms with E-state index in [0.29, 0.717) is 17.6 Å². The fourth-order valence-corrected chi connectivity index (χ4v) is 4.97. The summed E-state index contributed by atoms with van der Waals surface area (Å²) in [6.45, 7) is 2.51. The van der Waals surface area contributed by atoms with Crippen molar-refractivity contribution in [3.05, 3.63) is 34.8 Å². The lowest BCUT2D eigenvalue weighted by Gasteiger charge is -2.18. The van der Waals surface area contributed by atoms with E-state index in [4.69, 9.17) is 0 Å². The van der Waals surface area contributed by atoms with E-state index in [1.165, 1.54) is 36.2 Å². The Hall–Kier alpha value is -2.28. The molecule has 1 aromatic heterocycles. The summed E-state index contributed by atoms with van der Waals surface area (Å²) < 4.78 is 0. The van der Waals surface area contributed by atoms with E-state index < -0.39 is 0 Å². The third kappa shape index (κ3) is 4.09. The average Bonchev–Trinajstić information content (AvgIpc) is 3.35. The number of rotatable bonds is 5. The Morgan fingerprint density at radius 1 is 1.18 bits per heavy atom. The number of amides is 2. The maximum absolute atomic E-state index is 12.7. The normalized spacial score (nSPS) is 20.5. The summed E-state index contributed by atoms with van der Waals surface area (Å²) >= 11 is 1.48. The van der Waals surface area contributed by atoms with Crippen LogP contribution in [0.4, 0.5) is 10.8 Å². The second kappa shape index (κ2) is 8.39. The van der Waals surface area contributed by atoms with E-state index in [1.54, 1.807) is 4.90 Å². The van der Waals surface area contributed by atoms with Crippen molar-refractivity contribution >= 4 is 34.0 Å². The van der Waals surface area contributed by atoms with Gasteiger partial charge in [0.1, 0.15) is 5.01 Å². The van der Waals surface area contributed by atoms with Crippen molar-refractivity contribution in [2.75, 3.05) is 16.8 Å². The lowest BCUT2D eigenvalue weighted by molar-refractivity contribution is -0.122. The number of hydrogen-bond donors (Lipinski definition) is 1. The Bertz CT molecular complexity index is 842. The van der Waals surface area contributed by atoms with Crippen LogP contribution in [-0.4, -0.2) is 28.6 Å². The first kappa shape index (κ1) is 19.1. The molecule has 2 amide bonds. The predicted octanol–water partition coefficient (Wildman–Crippen LogP) is 4.14. The molecular formula is C21H26N4O2S. The zero-order chi connectivity index (χ0) is 19.5. The molecule has 2 aliphatic rings. The van der Waals surface area contributed by atoms with Crippen LogP contribution in [0, 0.1) is 5.92 Å². The number of hydrogen-bond acceptors (Lipinski definition) is 5. The van der Waals surface area contributed by atoms with Gasteiger partial charge >= 0.3 is 0 Å². The molecule has 0 spiro atoms. The van der Waals surface area contributed by atoms with E-state index in [2.05, 4.69) is 22.4 Å². The van der Waals surface area contributed by atoms with E-state index in [-0.39, 0.29) is 24.2 Å². The quantitative estimate of drug-likeness (QED) is 0.821. The van der Waals surface area contributed by atoms with E-state index >= 15 is 0 Å². The number of nitrogens with one attached hydrogen (secondary N) is 1. The van der Waals surface area contributed by atoms with Crippen LogP contribution in [0.15, 0.2) is 24.3 Å². The summed E-state index contributed by atoms with van der Waals surface area (Å²) in [4.78, 5) is 26.8. The number of anilines is 2. The Labute approximate surface area is 169 Å². The monoisotopic (exact) mass is 398 g/mol. The van der Waals surface area contributed by atoms with Gasteiger partial charge < -0.3 is 10.2 Å². The highest BCUT2D eigenvalue weighted by Gasteiger charge is 2.35. The summed E-state index contributed by atoms with van der Waals surface area (Å²) in [5, 5.41) is 12.9. The van der Waals surface area contributed by atoms with Crippen LogP contribution in [0.25, 0.3) is 0 Å². The Kier molecular flexibility index (Phi) is 5.71. The van der Waals surface area contributed by atoms with Gasteiger partial charge in [-0.1, -0.05) is 49.7 Å². The van der Waals surface area contributed by atoms with Crippen LogP contribution in [-0.2, 0) is 16.0 Å². The van der Waals surface area contributed by atoms with Crippen molar-refractivity contribution in [1.82, 2.24) is 10.2 Å². The summed E-state index contributed by atoms with van der Waals surface area (Å²) in [7, 11) is 0. The SMILES string of the molecule is CCc1ccc(N2C[C@H](C(=O)Nc3nnc(C4CCCCC4)s3)CC2=O)cc1. The van der Waals surface area contributed by atoms with Crippen molar-refractivity contribution < 1.29 is 9.59 Å². The van der Waals surface area contributed by atoms with E-state index in [9.17, 15) is 9.59 Å². The molecule has 6 nitrogen and oxygen atoms in total. The topological polar surface area (TPSA) is 75.2 Å². The maximum Gasteiger partial charge on any atom is 0.231 e. The third-order valence-electron chi connectivity index (χ3n) is 5.78. The molecule has 0 unspecified atom stereocenters. The van der Waals surface area contributed by atoms with Crippen molar-refractivity contribution in [3.8, 4) is 0 Å². The van der Waals surface area contributed by atoms with Gasteiger partial charge in [-0.15, -0.1) is 10.2 Å². The first-order valence-electron chi connectivity index (χ1n) is 10.2. The molecule has 2 aromatic rings. The molecule has 1 atom stereocenters. The Morgan fingerprint density at radius 3 is 2.64 bits per heavy atom. The van der Waals surface area contributed by atoms with Crippen molar-refractivity contribution in [1.29, 1.82) is 0 Å². The molecule has 4 rings (SSSR count). The minimum Gasteiger partial charge on any atom is -0.312 e. The molecule has 1 aromatic carbocycles. The fraction of sp³-hybridized carbons (Fsp3) is 0.524. The van der Waals surface area contributed by atoms with Gasteiger partial charge in [0.25, 0.3) is 0 Å². The van der Waals surface area contributed by atoms with Gasteiger partial charge in [-0.3, -0.25) is 9.59 Å². The molecule has 0 radical (unpaired) electrons. The fourth-order valence-electron chi connectivity index (χ4n) is 4.05. The highest BCUT2D eigenvalue weighted by atomic mass is 32.1. The highest BCUT2D eigenvalue weighted by molar-refractivity contribution is 7.15. The first-order chi connectivity index (χ1) is 13.6. The van der Waals surface area contributed by atoms with Crippen LogP contribution in [0.5, 0.6) is 0 Å². The van der Waals surface area contributed by atoms with Crippen LogP contribution < -0.4 is 10.2 Å². The Balaban J connectivity index is 1.37. The lowest BCUT2D eigenvalue weighted by Crippen LogP contribution is -2.28. The number of carbonyl (C=O) groups excluding carboxylic acids is 2. The molecule has 148 valence electrons. The lowest BCUT2D eigenvalue weighted by atomic mass is 9.90.